The lowest BCUT2D eigenvalue weighted by Crippen LogP contribution is -2.55. The van der Waals surface area contributed by atoms with E-state index in [9.17, 15) is 10.2 Å². The normalized spacial score (nSPS) is 37.3. The summed E-state index contributed by atoms with van der Waals surface area (Å²) in [5, 5.41) is 21.6. The molecule has 0 aromatic heterocycles. The quantitative estimate of drug-likeness (QED) is 0.719. The van der Waals surface area contributed by atoms with Gasteiger partial charge in [0.2, 0.25) is 0 Å². The fourth-order valence-electron chi connectivity index (χ4n) is 3.37. The molecule has 2 rings (SSSR count). The molecule has 6 nitrogen and oxygen atoms in total. The summed E-state index contributed by atoms with van der Waals surface area (Å²) in [5.41, 5.74) is -1.94. The van der Waals surface area contributed by atoms with Gasteiger partial charge in [0.25, 0.3) is 0 Å². The molecule has 112 valence electrons. The van der Waals surface area contributed by atoms with Crippen molar-refractivity contribution >= 4 is 0 Å². The smallest absolute Gasteiger partial charge is 0.124 e. The van der Waals surface area contributed by atoms with Crippen LogP contribution in [0.2, 0.25) is 0 Å². The van der Waals surface area contributed by atoms with Crippen LogP contribution in [0.15, 0.2) is 0 Å². The Hall–Kier alpha value is -0.240. The molecule has 0 saturated carbocycles. The number of hydrogen-bond acceptors (Lipinski definition) is 6. The molecule has 2 N–H and O–H groups in total. The number of hydrogen-bond donors (Lipinski definition) is 2. The van der Waals surface area contributed by atoms with Crippen LogP contribution < -0.4 is 0 Å². The van der Waals surface area contributed by atoms with E-state index < -0.39 is 11.4 Å². The van der Waals surface area contributed by atoms with Crippen molar-refractivity contribution in [2.24, 2.45) is 0 Å². The van der Waals surface area contributed by atoms with E-state index in [0.29, 0.717) is 32.7 Å². The fraction of sp³-hybridized carbons (Fsp3) is 1.00. The number of ether oxygens (including phenoxy) is 2. The first-order chi connectivity index (χ1) is 9.04. The second kappa shape index (κ2) is 6.03. The van der Waals surface area contributed by atoms with Gasteiger partial charge in [-0.2, -0.15) is 0 Å². The van der Waals surface area contributed by atoms with E-state index in [0.717, 1.165) is 25.9 Å². The van der Waals surface area contributed by atoms with Crippen LogP contribution in [0.25, 0.3) is 0 Å². The summed E-state index contributed by atoms with van der Waals surface area (Å²) in [6, 6.07) is 0. The highest BCUT2D eigenvalue weighted by atomic mass is 16.5. The molecule has 0 bridgehead atoms. The first-order valence-corrected chi connectivity index (χ1v) is 6.97. The lowest BCUT2D eigenvalue weighted by molar-refractivity contribution is -0.201. The summed E-state index contributed by atoms with van der Waals surface area (Å²) in [6.45, 7) is 2.42. The highest BCUT2D eigenvalue weighted by Gasteiger charge is 2.49. The zero-order valence-electron chi connectivity index (χ0n) is 12.0. The number of aliphatic hydroxyl groups is 2. The monoisotopic (exact) mass is 274 g/mol. The predicted octanol–water partition coefficient (Wildman–Crippen LogP) is 0.153. The van der Waals surface area contributed by atoms with Gasteiger partial charge in [0, 0.05) is 33.7 Å². The van der Waals surface area contributed by atoms with E-state index in [1.165, 1.54) is 0 Å². The molecular formula is C13H26N2O4. The van der Waals surface area contributed by atoms with Gasteiger partial charge in [0.15, 0.2) is 0 Å². The lowest BCUT2D eigenvalue weighted by Gasteiger charge is -2.42. The van der Waals surface area contributed by atoms with Gasteiger partial charge in [-0.05, 0) is 25.7 Å². The molecule has 0 aromatic carbocycles. The van der Waals surface area contributed by atoms with Crippen molar-refractivity contribution in [3.8, 4) is 0 Å². The Labute approximate surface area is 114 Å². The number of methoxy groups -OCH3 is 2. The van der Waals surface area contributed by atoms with E-state index in [4.69, 9.17) is 9.47 Å². The minimum atomic E-state index is -0.971. The summed E-state index contributed by atoms with van der Waals surface area (Å²) in [4.78, 5) is 3.82. The second-order valence-corrected chi connectivity index (χ2v) is 5.71. The number of likely N-dealkylation sites (tertiary alicyclic amines) is 2. The van der Waals surface area contributed by atoms with E-state index in [1.807, 2.05) is 9.80 Å². The van der Waals surface area contributed by atoms with Crippen molar-refractivity contribution in [3.63, 3.8) is 0 Å². The minimum Gasteiger partial charge on any atom is -0.375 e. The summed E-state index contributed by atoms with van der Waals surface area (Å²) in [5.74, 6) is 0. The lowest BCUT2D eigenvalue weighted by atomic mass is 9.95. The van der Waals surface area contributed by atoms with Crippen LogP contribution in [-0.2, 0) is 9.47 Å². The average Bonchev–Trinajstić information content (AvgIpc) is 2.86. The van der Waals surface area contributed by atoms with Crippen LogP contribution in [0.3, 0.4) is 0 Å². The van der Waals surface area contributed by atoms with Crippen LogP contribution in [-0.4, -0.2) is 72.2 Å². The van der Waals surface area contributed by atoms with Gasteiger partial charge in [0.1, 0.15) is 24.9 Å². The van der Waals surface area contributed by atoms with Gasteiger partial charge in [-0.3, -0.25) is 9.80 Å². The van der Waals surface area contributed by atoms with Gasteiger partial charge >= 0.3 is 0 Å². The zero-order chi connectivity index (χ0) is 13.9. The van der Waals surface area contributed by atoms with Gasteiger partial charge in [-0.25, -0.2) is 0 Å². The average molecular weight is 274 g/mol. The van der Waals surface area contributed by atoms with Crippen molar-refractivity contribution in [1.29, 1.82) is 0 Å². The van der Waals surface area contributed by atoms with Crippen LogP contribution in [0.1, 0.15) is 32.1 Å². The molecule has 2 aliphatic rings. The fourth-order valence-corrected chi connectivity index (χ4v) is 3.37. The first-order valence-electron chi connectivity index (χ1n) is 6.97. The number of nitrogens with zero attached hydrogens (tertiary/aromatic N) is 2. The Bertz CT molecular complexity index is 276. The van der Waals surface area contributed by atoms with Crippen LogP contribution >= 0.6 is 0 Å². The molecule has 2 fully saturated rings. The van der Waals surface area contributed by atoms with Gasteiger partial charge < -0.3 is 19.7 Å². The maximum Gasteiger partial charge on any atom is 0.124 e. The Morgan fingerprint density at radius 2 is 1.32 bits per heavy atom. The second-order valence-electron chi connectivity index (χ2n) is 5.71. The van der Waals surface area contributed by atoms with Crippen molar-refractivity contribution in [2.45, 2.75) is 43.6 Å². The van der Waals surface area contributed by atoms with Crippen LogP contribution in [0.4, 0.5) is 0 Å². The van der Waals surface area contributed by atoms with Crippen molar-refractivity contribution in [3.05, 3.63) is 0 Å². The molecule has 0 radical (unpaired) electrons. The van der Waals surface area contributed by atoms with E-state index >= 15 is 0 Å². The molecule has 2 unspecified atom stereocenters. The molecule has 0 aromatic rings. The predicted molar refractivity (Wildman–Crippen MR) is 70.1 cm³/mol. The van der Waals surface area contributed by atoms with Crippen molar-refractivity contribution in [2.75, 3.05) is 40.8 Å². The number of rotatable bonds is 6. The highest BCUT2D eigenvalue weighted by molar-refractivity contribution is 4.95. The minimum absolute atomic E-state index is 0.326. The van der Waals surface area contributed by atoms with Crippen LogP contribution in [0.5, 0.6) is 0 Å². The Kier molecular flexibility index (Phi) is 4.81. The van der Waals surface area contributed by atoms with Gasteiger partial charge in [-0.15, -0.1) is 0 Å². The topological polar surface area (TPSA) is 65.4 Å². The Morgan fingerprint density at radius 1 is 0.895 bits per heavy atom. The van der Waals surface area contributed by atoms with E-state index in [1.54, 1.807) is 14.2 Å². The molecular weight excluding hydrogens is 248 g/mol. The van der Waals surface area contributed by atoms with Gasteiger partial charge in [0.05, 0.1) is 0 Å². The molecule has 2 atom stereocenters. The maximum atomic E-state index is 10.8. The van der Waals surface area contributed by atoms with E-state index in [-0.39, 0.29) is 0 Å². The van der Waals surface area contributed by atoms with Crippen LogP contribution in [0, 0.1) is 0 Å². The molecule has 0 amide bonds. The summed E-state index contributed by atoms with van der Waals surface area (Å²) in [6.07, 6.45) is 3.55. The third kappa shape index (κ3) is 3.09. The van der Waals surface area contributed by atoms with E-state index in [2.05, 4.69) is 0 Å². The highest BCUT2D eigenvalue weighted by Crippen LogP contribution is 2.39. The molecule has 2 heterocycles. The molecule has 19 heavy (non-hydrogen) atoms. The SMILES string of the molecule is COCN1CCCC1(O)CC1(O)CCCN1COC. The molecule has 2 aliphatic heterocycles. The maximum absolute atomic E-state index is 10.8. The van der Waals surface area contributed by atoms with Crippen molar-refractivity contribution in [1.82, 2.24) is 9.80 Å². The summed E-state index contributed by atoms with van der Waals surface area (Å²) in [7, 11) is 3.25. The Morgan fingerprint density at radius 3 is 1.68 bits per heavy atom. The first kappa shape index (κ1) is 15.2. The molecule has 2 saturated heterocycles. The summed E-state index contributed by atoms with van der Waals surface area (Å²) >= 11 is 0. The largest absolute Gasteiger partial charge is 0.375 e. The standard InChI is InChI=1S/C13H26N2O4/c1-18-10-14-7-3-5-12(14,16)9-13(17)6-4-8-15(13)11-19-2/h16-17H,3-11H2,1-2H3. The van der Waals surface area contributed by atoms with Crippen molar-refractivity contribution < 1.29 is 19.7 Å². The Balaban J connectivity index is 2.05. The third-order valence-corrected chi connectivity index (χ3v) is 4.32. The zero-order valence-corrected chi connectivity index (χ0v) is 12.0. The summed E-state index contributed by atoms with van der Waals surface area (Å²) < 4.78 is 10.3. The molecule has 0 spiro atoms. The molecule has 0 aliphatic carbocycles. The third-order valence-electron chi connectivity index (χ3n) is 4.32. The van der Waals surface area contributed by atoms with Gasteiger partial charge in [-0.1, -0.05) is 0 Å². The molecule has 6 heteroatoms.